The fraction of sp³-hybridized carbons (Fsp3) is 0.625. The average molecular weight is 275 g/mol. The second kappa shape index (κ2) is 6.12. The van der Waals surface area contributed by atoms with Gasteiger partial charge in [0.1, 0.15) is 5.75 Å². The van der Waals surface area contributed by atoms with Gasteiger partial charge in [0.05, 0.1) is 7.11 Å². The van der Waals surface area contributed by atoms with Crippen LogP contribution in [0.15, 0.2) is 18.2 Å². The number of ether oxygens (including phenoxy) is 1. The first kappa shape index (κ1) is 13.9. The van der Waals surface area contributed by atoms with E-state index in [0.29, 0.717) is 6.54 Å². The van der Waals surface area contributed by atoms with Gasteiger partial charge in [0, 0.05) is 44.3 Å². The van der Waals surface area contributed by atoms with Gasteiger partial charge in [-0.15, -0.1) is 0 Å². The largest absolute Gasteiger partial charge is 0.496 e. The molecule has 2 aliphatic heterocycles. The van der Waals surface area contributed by atoms with Crippen LogP contribution in [0.3, 0.4) is 0 Å². The minimum atomic E-state index is 0.532. The first-order chi connectivity index (χ1) is 9.80. The summed E-state index contributed by atoms with van der Waals surface area (Å²) in [4.78, 5) is 5.22. The Kier molecular flexibility index (Phi) is 4.24. The molecule has 0 saturated carbocycles. The Morgan fingerprint density at radius 1 is 1.30 bits per heavy atom. The third-order valence-electron chi connectivity index (χ3n) is 4.65. The lowest BCUT2D eigenvalue weighted by Crippen LogP contribution is -2.49. The van der Waals surface area contributed by atoms with Crippen LogP contribution in [0.2, 0.25) is 0 Å². The quantitative estimate of drug-likeness (QED) is 0.903. The van der Waals surface area contributed by atoms with E-state index in [4.69, 9.17) is 10.5 Å². The number of fused-ring (bicyclic) bond motifs is 1. The van der Waals surface area contributed by atoms with Gasteiger partial charge in [0.25, 0.3) is 0 Å². The van der Waals surface area contributed by atoms with Gasteiger partial charge in [-0.3, -0.25) is 9.80 Å². The lowest BCUT2D eigenvalue weighted by atomic mass is 10.1. The van der Waals surface area contributed by atoms with Gasteiger partial charge in [-0.1, -0.05) is 12.1 Å². The van der Waals surface area contributed by atoms with Crippen LogP contribution in [0.4, 0.5) is 0 Å². The first-order valence-corrected chi connectivity index (χ1v) is 7.62. The molecule has 4 heteroatoms. The van der Waals surface area contributed by atoms with Crippen molar-refractivity contribution in [3.05, 3.63) is 29.3 Å². The zero-order chi connectivity index (χ0) is 13.9. The minimum Gasteiger partial charge on any atom is -0.496 e. The Morgan fingerprint density at radius 2 is 2.20 bits per heavy atom. The number of benzene rings is 1. The molecule has 1 aromatic carbocycles. The van der Waals surface area contributed by atoms with Gasteiger partial charge in [0.2, 0.25) is 0 Å². The van der Waals surface area contributed by atoms with E-state index in [9.17, 15) is 0 Å². The van der Waals surface area contributed by atoms with Crippen molar-refractivity contribution >= 4 is 0 Å². The van der Waals surface area contributed by atoms with Crippen LogP contribution in [0.1, 0.15) is 24.0 Å². The smallest absolute Gasteiger partial charge is 0.123 e. The van der Waals surface area contributed by atoms with Crippen molar-refractivity contribution < 1.29 is 4.74 Å². The maximum absolute atomic E-state index is 5.72. The molecule has 0 bridgehead atoms. The summed E-state index contributed by atoms with van der Waals surface area (Å²) in [5.41, 5.74) is 8.13. The van der Waals surface area contributed by atoms with Crippen LogP contribution in [0.25, 0.3) is 0 Å². The zero-order valence-electron chi connectivity index (χ0n) is 12.3. The number of hydrogen-bond donors (Lipinski definition) is 1. The Hall–Kier alpha value is -1.10. The van der Waals surface area contributed by atoms with Gasteiger partial charge in [-0.05, 0) is 31.0 Å². The normalized spacial score (nSPS) is 23.8. The third-order valence-corrected chi connectivity index (χ3v) is 4.65. The van der Waals surface area contributed by atoms with Crippen LogP contribution in [-0.2, 0) is 13.1 Å². The van der Waals surface area contributed by atoms with Crippen molar-refractivity contribution in [2.75, 3.05) is 33.3 Å². The topological polar surface area (TPSA) is 41.7 Å². The summed E-state index contributed by atoms with van der Waals surface area (Å²) < 4.78 is 5.43. The Morgan fingerprint density at radius 3 is 3.00 bits per heavy atom. The molecule has 1 unspecified atom stereocenters. The maximum atomic E-state index is 5.72. The molecule has 2 heterocycles. The molecule has 2 fully saturated rings. The van der Waals surface area contributed by atoms with Gasteiger partial charge < -0.3 is 10.5 Å². The summed E-state index contributed by atoms with van der Waals surface area (Å²) in [6, 6.07) is 7.21. The van der Waals surface area contributed by atoms with Crippen LogP contribution in [-0.4, -0.2) is 49.1 Å². The summed E-state index contributed by atoms with van der Waals surface area (Å²) in [7, 11) is 1.72. The highest BCUT2D eigenvalue weighted by Gasteiger charge is 2.30. The van der Waals surface area contributed by atoms with Gasteiger partial charge in [0.15, 0.2) is 0 Å². The predicted octanol–water partition coefficient (Wildman–Crippen LogP) is 1.43. The average Bonchev–Trinajstić information content (AvgIpc) is 2.94. The molecule has 2 aliphatic rings. The lowest BCUT2D eigenvalue weighted by Gasteiger charge is -2.37. The van der Waals surface area contributed by atoms with Crippen molar-refractivity contribution in [1.82, 2.24) is 9.80 Å². The number of nitrogens with zero attached hydrogens (tertiary/aromatic N) is 2. The Bertz CT molecular complexity index is 463. The Labute approximate surface area is 121 Å². The highest BCUT2D eigenvalue weighted by Crippen LogP contribution is 2.24. The third kappa shape index (κ3) is 2.82. The molecule has 0 radical (unpaired) electrons. The summed E-state index contributed by atoms with van der Waals surface area (Å²) in [6.45, 7) is 6.47. The summed E-state index contributed by atoms with van der Waals surface area (Å²) >= 11 is 0. The second-order valence-electron chi connectivity index (χ2n) is 5.92. The summed E-state index contributed by atoms with van der Waals surface area (Å²) in [5.74, 6) is 0.921. The van der Waals surface area contributed by atoms with E-state index in [0.717, 1.165) is 23.9 Å². The molecular formula is C16H25N3O. The van der Waals surface area contributed by atoms with E-state index in [1.165, 1.54) is 44.6 Å². The predicted molar refractivity (Wildman–Crippen MR) is 80.8 cm³/mol. The van der Waals surface area contributed by atoms with E-state index in [2.05, 4.69) is 28.0 Å². The number of nitrogens with two attached hydrogens (primary N) is 1. The molecule has 1 atom stereocenters. The SMILES string of the molecule is COc1cc(CN2CCN3CCCC3C2)ccc1CN. The molecule has 2 N–H and O–H groups in total. The van der Waals surface area contributed by atoms with Crippen molar-refractivity contribution in [3.8, 4) is 5.75 Å². The maximum Gasteiger partial charge on any atom is 0.123 e. The molecule has 3 rings (SSSR count). The molecule has 4 nitrogen and oxygen atoms in total. The van der Waals surface area contributed by atoms with Crippen molar-refractivity contribution in [3.63, 3.8) is 0 Å². The van der Waals surface area contributed by atoms with Crippen LogP contribution in [0.5, 0.6) is 5.75 Å². The number of methoxy groups -OCH3 is 1. The molecule has 2 saturated heterocycles. The molecule has 0 aliphatic carbocycles. The van der Waals surface area contributed by atoms with Crippen LogP contribution >= 0.6 is 0 Å². The van der Waals surface area contributed by atoms with E-state index in [-0.39, 0.29) is 0 Å². The number of hydrogen-bond acceptors (Lipinski definition) is 4. The van der Waals surface area contributed by atoms with Crippen molar-refractivity contribution in [2.24, 2.45) is 5.73 Å². The fourth-order valence-electron chi connectivity index (χ4n) is 3.51. The van der Waals surface area contributed by atoms with Gasteiger partial charge in [-0.25, -0.2) is 0 Å². The lowest BCUT2D eigenvalue weighted by molar-refractivity contribution is 0.0993. The molecule has 0 aromatic heterocycles. The molecule has 1 aromatic rings. The Balaban J connectivity index is 1.65. The number of rotatable bonds is 4. The van der Waals surface area contributed by atoms with Gasteiger partial charge in [-0.2, -0.15) is 0 Å². The molecule has 0 spiro atoms. The van der Waals surface area contributed by atoms with Crippen molar-refractivity contribution in [1.29, 1.82) is 0 Å². The molecule has 20 heavy (non-hydrogen) atoms. The minimum absolute atomic E-state index is 0.532. The molecular weight excluding hydrogens is 250 g/mol. The van der Waals surface area contributed by atoms with E-state index >= 15 is 0 Å². The molecule has 110 valence electrons. The highest BCUT2D eigenvalue weighted by atomic mass is 16.5. The number of piperazine rings is 1. The molecule has 0 amide bonds. The van der Waals surface area contributed by atoms with E-state index < -0.39 is 0 Å². The zero-order valence-corrected chi connectivity index (χ0v) is 12.3. The van der Waals surface area contributed by atoms with Crippen LogP contribution in [0, 0.1) is 0 Å². The van der Waals surface area contributed by atoms with Crippen LogP contribution < -0.4 is 10.5 Å². The van der Waals surface area contributed by atoms with Crippen molar-refractivity contribution in [2.45, 2.75) is 32.0 Å². The monoisotopic (exact) mass is 275 g/mol. The van der Waals surface area contributed by atoms with E-state index in [1.54, 1.807) is 7.11 Å². The standard InChI is InChI=1S/C16H25N3O/c1-20-16-9-13(4-5-14(16)10-17)11-18-7-8-19-6-2-3-15(19)12-18/h4-5,9,15H,2-3,6-8,10-12,17H2,1H3. The summed E-state index contributed by atoms with van der Waals surface area (Å²) in [5, 5.41) is 0. The summed E-state index contributed by atoms with van der Waals surface area (Å²) in [6.07, 6.45) is 2.74. The second-order valence-corrected chi connectivity index (χ2v) is 5.92. The van der Waals surface area contributed by atoms with Gasteiger partial charge >= 0.3 is 0 Å². The van der Waals surface area contributed by atoms with E-state index in [1.807, 2.05) is 0 Å². The fourth-order valence-corrected chi connectivity index (χ4v) is 3.51. The highest BCUT2D eigenvalue weighted by molar-refractivity contribution is 5.37. The first-order valence-electron chi connectivity index (χ1n) is 7.62.